The van der Waals surface area contributed by atoms with Crippen LogP contribution in [0.5, 0.6) is 0 Å². The molecule has 1 aromatic rings. The Labute approximate surface area is 135 Å². The zero-order chi connectivity index (χ0) is 15.4. The van der Waals surface area contributed by atoms with Crippen LogP contribution in [0.2, 0.25) is 0 Å². The predicted molar refractivity (Wildman–Crippen MR) is 93.3 cm³/mol. The molecule has 0 aromatic heterocycles. The van der Waals surface area contributed by atoms with Gasteiger partial charge in [-0.3, -0.25) is 4.90 Å². The molecular weight excluding hydrogens is 270 g/mol. The number of piperazine rings is 1. The first kappa shape index (κ1) is 16.0. The van der Waals surface area contributed by atoms with E-state index in [-0.39, 0.29) is 0 Å². The van der Waals surface area contributed by atoms with Gasteiger partial charge in [0.1, 0.15) is 0 Å². The number of nitrogens with one attached hydrogen (secondary N) is 1. The first-order valence-electron chi connectivity index (χ1n) is 9.05. The number of likely N-dealkylation sites (tertiary alicyclic amines) is 1. The van der Waals surface area contributed by atoms with Crippen LogP contribution in [0.1, 0.15) is 43.9 Å². The summed E-state index contributed by atoms with van der Waals surface area (Å²) >= 11 is 0. The van der Waals surface area contributed by atoms with Crippen LogP contribution >= 0.6 is 0 Å². The molecule has 2 saturated heterocycles. The van der Waals surface area contributed by atoms with E-state index in [9.17, 15) is 0 Å². The Morgan fingerprint density at radius 2 is 1.86 bits per heavy atom. The third-order valence-electron chi connectivity index (χ3n) is 5.24. The van der Waals surface area contributed by atoms with E-state index < -0.39 is 0 Å². The molecule has 0 radical (unpaired) electrons. The lowest BCUT2D eigenvalue weighted by Gasteiger charge is -2.39. The molecule has 3 heteroatoms. The number of hydrogen-bond acceptors (Lipinski definition) is 3. The second-order valence-electron chi connectivity index (χ2n) is 6.97. The minimum atomic E-state index is 0.550. The maximum atomic E-state index is 3.57. The molecule has 3 nitrogen and oxygen atoms in total. The summed E-state index contributed by atoms with van der Waals surface area (Å²) in [5, 5.41) is 3.57. The van der Waals surface area contributed by atoms with E-state index in [2.05, 4.69) is 53.2 Å². The van der Waals surface area contributed by atoms with Gasteiger partial charge in [-0.2, -0.15) is 0 Å². The highest BCUT2D eigenvalue weighted by molar-refractivity contribution is 5.25. The van der Waals surface area contributed by atoms with Gasteiger partial charge in [0.25, 0.3) is 0 Å². The lowest BCUT2D eigenvalue weighted by atomic mass is 10.0. The summed E-state index contributed by atoms with van der Waals surface area (Å²) in [7, 11) is 0. The molecule has 22 heavy (non-hydrogen) atoms. The third-order valence-corrected chi connectivity index (χ3v) is 5.24. The molecule has 0 saturated carbocycles. The van der Waals surface area contributed by atoms with Crippen LogP contribution in [-0.2, 0) is 6.42 Å². The molecule has 2 unspecified atom stereocenters. The van der Waals surface area contributed by atoms with Crippen molar-refractivity contribution in [3.05, 3.63) is 35.4 Å². The number of rotatable bonds is 5. The van der Waals surface area contributed by atoms with Gasteiger partial charge in [0.2, 0.25) is 0 Å². The first-order valence-corrected chi connectivity index (χ1v) is 9.05. The lowest BCUT2D eigenvalue weighted by Crippen LogP contribution is -2.52. The molecule has 2 heterocycles. The first-order chi connectivity index (χ1) is 10.8. The smallest absolute Gasteiger partial charge is 0.0476 e. The molecule has 0 amide bonds. The van der Waals surface area contributed by atoms with Gasteiger partial charge >= 0.3 is 0 Å². The highest BCUT2D eigenvalue weighted by atomic mass is 15.3. The van der Waals surface area contributed by atoms with Crippen molar-refractivity contribution >= 4 is 0 Å². The molecule has 3 rings (SSSR count). The summed E-state index contributed by atoms with van der Waals surface area (Å²) < 4.78 is 0. The second kappa shape index (κ2) is 7.58. The Hall–Kier alpha value is -0.900. The summed E-state index contributed by atoms with van der Waals surface area (Å²) in [6.45, 7) is 11.7. The molecule has 1 N–H and O–H groups in total. The maximum Gasteiger partial charge on any atom is 0.0476 e. The van der Waals surface area contributed by atoms with E-state index >= 15 is 0 Å². The minimum absolute atomic E-state index is 0.550. The van der Waals surface area contributed by atoms with E-state index in [1.165, 1.54) is 50.1 Å². The quantitative estimate of drug-likeness (QED) is 0.902. The fourth-order valence-corrected chi connectivity index (χ4v) is 3.86. The monoisotopic (exact) mass is 301 g/mol. The van der Waals surface area contributed by atoms with Gasteiger partial charge < -0.3 is 10.2 Å². The lowest BCUT2D eigenvalue weighted by molar-refractivity contribution is 0.117. The van der Waals surface area contributed by atoms with Gasteiger partial charge in [-0.15, -0.1) is 0 Å². The van der Waals surface area contributed by atoms with Gasteiger partial charge in [0, 0.05) is 38.3 Å². The number of aryl methyl sites for hydroxylation is 1. The van der Waals surface area contributed by atoms with Crippen LogP contribution in [0.15, 0.2) is 24.3 Å². The molecule has 0 aliphatic carbocycles. The second-order valence-corrected chi connectivity index (χ2v) is 6.97. The van der Waals surface area contributed by atoms with E-state index in [0.717, 1.165) is 19.5 Å². The summed E-state index contributed by atoms with van der Waals surface area (Å²) in [6, 6.07) is 10.5. The van der Waals surface area contributed by atoms with Gasteiger partial charge in [-0.25, -0.2) is 0 Å². The van der Waals surface area contributed by atoms with Crippen molar-refractivity contribution in [3.63, 3.8) is 0 Å². The highest BCUT2D eigenvalue weighted by Crippen LogP contribution is 2.25. The Morgan fingerprint density at radius 1 is 1.14 bits per heavy atom. The highest BCUT2D eigenvalue weighted by Gasteiger charge is 2.27. The van der Waals surface area contributed by atoms with Gasteiger partial charge in [-0.1, -0.05) is 31.2 Å². The zero-order valence-electron chi connectivity index (χ0n) is 14.2. The Bertz CT molecular complexity index is 450. The average molecular weight is 301 g/mol. The van der Waals surface area contributed by atoms with Crippen LogP contribution in [0.4, 0.5) is 0 Å². The largest absolute Gasteiger partial charge is 0.312 e. The fraction of sp³-hybridized carbons (Fsp3) is 0.684. The minimum Gasteiger partial charge on any atom is -0.312 e. The normalized spacial score (nSPS) is 25.5. The van der Waals surface area contributed by atoms with Crippen molar-refractivity contribution in [2.75, 3.05) is 39.3 Å². The molecule has 122 valence electrons. The molecule has 2 atom stereocenters. The standard InChI is InChI=1S/C19H31N3/c1-3-17-6-8-18(9-7-17)19(15-21-11-4-5-12-21)22-13-10-20-16(2)14-22/h6-9,16,19-20H,3-5,10-15H2,1-2H3. The van der Waals surface area contributed by atoms with E-state index in [0.29, 0.717) is 12.1 Å². The molecule has 2 fully saturated rings. The fourth-order valence-electron chi connectivity index (χ4n) is 3.86. The zero-order valence-corrected chi connectivity index (χ0v) is 14.2. The van der Waals surface area contributed by atoms with Crippen LogP contribution < -0.4 is 5.32 Å². The van der Waals surface area contributed by atoms with E-state index in [1.807, 2.05) is 0 Å². The number of nitrogens with zero attached hydrogens (tertiary/aromatic N) is 2. The van der Waals surface area contributed by atoms with Crippen molar-refractivity contribution in [2.24, 2.45) is 0 Å². The predicted octanol–water partition coefficient (Wildman–Crippen LogP) is 2.68. The van der Waals surface area contributed by atoms with Gasteiger partial charge in [0.15, 0.2) is 0 Å². The van der Waals surface area contributed by atoms with Crippen LogP contribution in [0.25, 0.3) is 0 Å². The number of benzene rings is 1. The molecule has 2 aliphatic rings. The average Bonchev–Trinajstić information content (AvgIpc) is 3.06. The van der Waals surface area contributed by atoms with Crippen molar-refractivity contribution in [1.82, 2.24) is 15.1 Å². The van der Waals surface area contributed by atoms with Crippen molar-refractivity contribution in [1.29, 1.82) is 0 Å². The molecule has 2 aliphatic heterocycles. The molecular formula is C19H31N3. The van der Waals surface area contributed by atoms with Crippen LogP contribution in [0.3, 0.4) is 0 Å². The molecule has 1 aromatic carbocycles. The summed E-state index contributed by atoms with van der Waals surface area (Å²) in [4.78, 5) is 5.35. The van der Waals surface area contributed by atoms with Gasteiger partial charge in [0.05, 0.1) is 0 Å². The molecule has 0 spiro atoms. The topological polar surface area (TPSA) is 18.5 Å². The van der Waals surface area contributed by atoms with Crippen molar-refractivity contribution < 1.29 is 0 Å². The Kier molecular flexibility index (Phi) is 5.51. The van der Waals surface area contributed by atoms with Crippen LogP contribution in [-0.4, -0.2) is 55.1 Å². The van der Waals surface area contributed by atoms with E-state index in [1.54, 1.807) is 0 Å². The summed E-state index contributed by atoms with van der Waals surface area (Å²) in [5.41, 5.74) is 2.94. The van der Waals surface area contributed by atoms with Crippen molar-refractivity contribution in [2.45, 2.75) is 45.2 Å². The van der Waals surface area contributed by atoms with Crippen molar-refractivity contribution in [3.8, 4) is 0 Å². The Morgan fingerprint density at radius 3 is 2.50 bits per heavy atom. The van der Waals surface area contributed by atoms with Gasteiger partial charge in [-0.05, 0) is 50.4 Å². The summed E-state index contributed by atoms with van der Waals surface area (Å²) in [6.07, 6.45) is 3.88. The van der Waals surface area contributed by atoms with Crippen LogP contribution in [0, 0.1) is 0 Å². The maximum absolute atomic E-state index is 3.57. The summed E-state index contributed by atoms with van der Waals surface area (Å²) in [5.74, 6) is 0. The number of hydrogen-bond donors (Lipinski definition) is 1. The third kappa shape index (κ3) is 3.89. The SMILES string of the molecule is CCc1ccc(C(CN2CCCC2)N2CCNC(C)C2)cc1. The molecule has 0 bridgehead atoms. The Balaban J connectivity index is 1.77. The van der Waals surface area contributed by atoms with E-state index in [4.69, 9.17) is 0 Å².